The largest absolute Gasteiger partial charge is 0.497 e. The molecule has 0 unspecified atom stereocenters. The summed E-state index contributed by atoms with van der Waals surface area (Å²) in [5.74, 6) is 0.980. The number of piperazine rings is 2. The number of nitrogens with zero attached hydrogens (tertiary/aromatic N) is 2. The smallest absolute Gasteiger partial charge is 0.279 e. The molecule has 3 N–H and O–H groups in total. The van der Waals surface area contributed by atoms with Crippen molar-refractivity contribution in [1.82, 2.24) is 10.2 Å². The van der Waals surface area contributed by atoms with Gasteiger partial charge >= 0.3 is 0 Å². The number of anilines is 1. The van der Waals surface area contributed by atoms with Crippen LogP contribution in [0.1, 0.15) is 32.1 Å². The topological polar surface area (TPSA) is 78.5 Å². The van der Waals surface area contributed by atoms with E-state index in [1.165, 1.54) is 12.8 Å². The van der Waals surface area contributed by atoms with Crippen molar-refractivity contribution in [3.63, 3.8) is 0 Å². The molecule has 2 saturated heterocycles. The van der Waals surface area contributed by atoms with Crippen LogP contribution < -0.4 is 20.3 Å². The first-order valence-electron chi connectivity index (χ1n) is 10.5. The number of methoxy groups -OCH3 is 1. The third kappa shape index (κ3) is 4.09. The maximum absolute atomic E-state index is 12.8. The van der Waals surface area contributed by atoms with Gasteiger partial charge in [-0.05, 0) is 37.1 Å². The number of amides is 2. The Morgan fingerprint density at radius 1 is 1.14 bits per heavy atom. The van der Waals surface area contributed by atoms with Crippen molar-refractivity contribution in [1.29, 1.82) is 0 Å². The summed E-state index contributed by atoms with van der Waals surface area (Å²) < 4.78 is 5.21. The van der Waals surface area contributed by atoms with E-state index in [-0.39, 0.29) is 17.9 Å². The Kier molecular flexibility index (Phi) is 5.71. The quantitative estimate of drug-likeness (QED) is 0.769. The monoisotopic (exact) mass is 387 g/mol. The highest BCUT2D eigenvalue weighted by atomic mass is 16.5. The zero-order valence-corrected chi connectivity index (χ0v) is 16.6. The van der Waals surface area contributed by atoms with Gasteiger partial charge in [0.15, 0.2) is 6.04 Å². The van der Waals surface area contributed by atoms with E-state index in [9.17, 15) is 9.59 Å². The molecule has 1 saturated carbocycles. The number of nitrogens with one attached hydrogen (secondary N) is 1. The molecule has 7 nitrogen and oxygen atoms in total. The maximum atomic E-state index is 12.8. The van der Waals surface area contributed by atoms with E-state index in [4.69, 9.17) is 4.74 Å². The summed E-state index contributed by atoms with van der Waals surface area (Å²) in [7, 11) is 1.66. The second-order valence-electron chi connectivity index (χ2n) is 8.13. The zero-order chi connectivity index (χ0) is 19.5. The molecule has 7 heteroatoms. The number of nitrogens with two attached hydrogens (primary N) is 1. The molecule has 2 amide bonds. The number of fused-ring (bicyclic) bond motifs is 1. The zero-order valence-electron chi connectivity index (χ0n) is 16.6. The second-order valence-corrected chi connectivity index (χ2v) is 8.13. The highest BCUT2D eigenvalue weighted by Crippen LogP contribution is 2.21. The predicted octanol–water partition coefficient (Wildman–Crippen LogP) is 0.107. The third-order valence-electron chi connectivity index (χ3n) is 6.43. The minimum Gasteiger partial charge on any atom is -0.497 e. The summed E-state index contributed by atoms with van der Waals surface area (Å²) >= 11 is 0. The van der Waals surface area contributed by atoms with E-state index in [2.05, 4.69) is 27.7 Å². The Bertz CT molecular complexity index is 700. The van der Waals surface area contributed by atoms with E-state index >= 15 is 0 Å². The number of ether oxygens (including phenoxy) is 1. The summed E-state index contributed by atoms with van der Waals surface area (Å²) in [6.07, 6.45) is 4.92. The molecule has 1 aromatic rings. The van der Waals surface area contributed by atoms with E-state index < -0.39 is 0 Å². The van der Waals surface area contributed by atoms with Gasteiger partial charge in [-0.15, -0.1) is 0 Å². The molecule has 152 valence electrons. The van der Waals surface area contributed by atoms with Crippen molar-refractivity contribution in [2.75, 3.05) is 38.2 Å². The number of benzene rings is 1. The highest BCUT2D eigenvalue weighted by Gasteiger charge is 2.41. The van der Waals surface area contributed by atoms with Crippen LogP contribution in [0, 0.1) is 0 Å². The van der Waals surface area contributed by atoms with Gasteiger partial charge in [0.1, 0.15) is 11.8 Å². The van der Waals surface area contributed by atoms with Gasteiger partial charge in [0.05, 0.1) is 19.6 Å². The molecule has 4 rings (SSSR count). The maximum Gasteiger partial charge on any atom is 0.279 e. The fourth-order valence-electron chi connectivity index (χ4n) is 4.73. The summed E-state index contributed by atoms with van der Waals surface area (Å²) in [6.45, 7) is 3.02. The van der Waals surface area contributed by atoms with Crippen LogP contribution in [0.5, 0.6) is 5.75 Å². The number of carbonyl (C=O) groups is 2. The molecule has 3 fully saturated rings. The fraction of sp³-hybridized carbons (Fsp3) is 0.619. The number of hydrogen-bond donors (Lipinski definition) is 2. The van der Waals surface area contributed by atoms with Gasteiger partial charge in [-0.1, -0.05) is 6.42 Å². The van der Waals surface area contributed by atoms with Gasteiger partial charge in [0.25, 0.3) is 5.91 Å². The molecule has 2 heterocycles. The third-order valence-corrected chi connectivity index (χ3v) is 6.43. The van der Waals surface area contributed by atoms with Crippen molar-refractivity contribution in [3.8, 4) is 5.75 Å². The lowest BCUT2D eigenvalue weighted by atomic mass is 9.87. The minimum absolute atomic E-state index is 0.0355. The van der Waals surface area contributed by atoms with E-state index in [1.54, 1.807) is 7.11 Å². The minimum atomic E-state index is -0.272. The lowest BCUT2D eigenvalue weighted by Crippen LogP contribution is -3.03. The van der Waals surface area contributed by atoms with Crippen LogP contribution in [0.2, 0.25) is 0 Å². The molecular formula is C21H31N4O3+. The summed E-state index contributed by atoms with van der Waals surface area (Å²) in [4.78, 5) is 29.4. The number of quaternary nitrogens is 1. The summed E-state index contributed by atoms with van der Waals surface area (Å²) in [5, 5.41) is 5.32. The number of hydrogen-bond acceptors (Lipinski definition) is 4. The Balaban J connectivity index is 1.28. The van der Waals surface area contributed by atoms with E-state index in [0.717, 1.165) is 37.4 Å². The van der Waals surface area contributed by atoms with Gasteiger partial charge < -0.3 is 25.2 Å². The second kappa shape index (κ2) is 8.39. The predicted molar refractivity (Wildman–Crippen MR) is 106 cm³/mol. The Morgan fingerprint density at radius 3 is 2.57 bits per heavy atom. The van der Waals surface area contributed by atoms with Crippen LogP contribution in [0.3, 0.4) is 0 Å². The lowest BCUT2D eigenvalue weighted by molar-refractivity contribution is -0.718. The molecule has 0 bridgehead atoms. The van der Waals surface area contributed by atoms with Crippen LogP contribution in [0.4, 0.5) is 5.69 Å². The molecule has 0 aromatic heterocycles. The first kappa shape index (κ1) is 19.1. The first-order chi connectivity index (χ1) is 13.6. The molecular weight excluding hydrogens is 356 g/mol. The first-order valence-corrected chi connectivity index (χ1v) is 10.5. The average molecular weight is 388 g/mol. The van der Waals surface area contributed by atoms with Crippen molar-refractivity contribution >= 4 is 17.5 Å². The van der Waals surface area contributed by atoms with Crippen LogP contribution in [0.15, 0.2) is 24.3 Å². The standard InChI is InChI=1S/C21H30N4O3/c1-28-16-8-6-15(7-9-16)24-10-12-25(13-11-24)20(26)14-19-21(27)23-18-5-3-2-4-17(18)22-19/h6-9,17-19,22H,2-5,10-14H2,1H3,(H,23,27)/p+1/t17-,18-,19+/m0/s1. The molecule has 1 aliphatic carbocycles. The Morgan fingerprint density at radius 2 is 1.86 bits per heavy atom. The Labute approximate surface area is 166 Å². The molecule has 3 atom stereocenters. The molecule has 2 aliphatic heterocycles. The summed E-state index contributed by atoms with van der Waals surface area (Å²) in [5.41, 5.74) is 1.15. The van der Waals surface area contributed by atoms with E-state index in [0.29, 0.717) is 31.6 Å². The van der Waals surface area contributed by atoms with Gasteiger partial charge in [-0.3, -0.25) is 9.59 Å². The van der Waals surface area contributed by atoms with Crippen LogP contribution >= 0.6 is 0 Å². The SMILES string of the molecule is COc1ccc(N2CCN(C(=O)C[C@H]3[NH2+][C@H]4CCCC[C@@H]4NC3=O)CC2)cc1. The molecule has 0 spiro atoms. The van der Waals surface area contributed by atoms with Crippen LogP contribution in [-0.2, 0) is 9.59 Å². The fourth-order valence-corrected chi connectivity index (χ4v) is 4.73. The molecule has 1 aromatic carbocycles. The van der Waals surface area contributed by atoms with Crippen LogP contribution in [0.25, 0.3) is 0 Å². The van der Waals surface area contributed by atoms with Crippen molar-refractivity contribution in [2.45, 2.75) is 50.2 Å². The lowest BCUT2D eigenvalue weighted by Gasteiger charge is -2.39. The number of carbonyl (C=O) groups excluding carboxylic acids is 2. The molecule has 3 aliphatic rings. The Hall–Kier alpha value is -2.28. The highest BCUT2D eigenvalue weighted by molar-refractivity contribution is 5.87. The molecule has 0 radical (unpaired) electrons. The van der Waals surface area contributed by atoms with Gasteiger partial charge in [0, 0.05) is 38.3 Å². The average Bonchev–Trinajstić information content (AvgIpc) is 2.74. The van der Waals surface area contributed by atoms with E-state index in [1.807, 2.05) is 17.0 Å². The molecule has 28 heavy (non-hydrogen) atoms. The van der Waals surface area contributed by atoms with Gasteiger partial charge in [0.2, 0.25) is 5.91 Å². The van der Waals surface area contributed by atoms with Crippen molar-refractivity contribution < 1.29 is 19.6 Å². The summed E-state index contributed by atoms with van der Waals surface area (Å²) in [6, 6.07) is 8.49. The normalized spacial score (nSPS) is 27.8. The van der Waals surface area contributed by atoms with Gasteiger partial charge in [-0.25, -0.2) is 0 Å². The van der Waals surface area contributed by atoms with Crippen LogP contribution in [-0.4, -0.2) is 68.1 Å². The van der Waals surface area contributed by atoms with Crippen molar-refractivity contribution in [3.05, 3.63) is 24.3 Å². The van der Waals surface area contributed by atoms with Gasteiger partial charge in [-0.2, -0.15) is 0 Å². The number of rotatable bonds is 4. The van der Waals surface area contributed by atoms with Crippen molar-refractivity contribution in [2.24, 2.45) is 0 Å².